The van der Waals surface area contributed by atoms with Crippen LogP contribution in [0.1, 0.15) is 34.6 Å². The normalized spacial score (nSPS) is 13.9. The molecule has 0 bridgehead atoms. The Hall–Kier alpha value is -4.38. The molecule has 1 N–H and O–H groups in total. The van der Waals surface area contributed by atoms with Crippen LogP contribution in [0, 0.1) is 12.1 Å². The lowest BCUT2D eigenvalue weighted by Gasteiger charge is -2.40. The molecule has 0 aliphatic carbocycles. The number of methoxy groups -OCH3 is 1. The van der Waals surface area contributed by atoms with E-state index in [9.17, 15) is 18.3 Å². The molecule has 0 aliphatic heterocycles. The molecule has 0 saturated heterocycles. The molecule has 4 nitrogen and oxygen atoms in total. The summed E-state index contributed by atoms with van der Waals surface area (Å²) in [6, 6.07) is 31.4. The van der Waals surface area contributed by atoms with E-state index in [2.05, 4.69) is 17.1 Å². The Labute approximate surface area is 244 Å². The Balaban J connectivity index is 1.89. The molecule has 0 amide bonds. The molecule has 214 valence electrons. The number of pyridine rings is 1. The first-order chi connectivity index (χ1) is 20.1. The van der Waals surface area contributed by atoms with Gasteiger partial charge in [-0.15, -0.1) is 0 Å². The zero-order valence-electron chi connectivity index (χ0n) is 23.6. The Morgan fingerprint density at radius 1 is 0.881 bits per heavy atom. The average molecular weight is 569 g/mol. The number of nitrogens with zero attached hydrogens (tertiary/aromatic N) is 2. The molecule has 7 heteroatoms. The van der Waals surface area contributed by atoms with Gasteiger partial charge < -0.3 is 14.7 Å². The summed E-state index contributed by atoms with van der Waals surface area (Å²) < 4.78 is 49.7. The first-order valence-electron chi connectivity index (χ1n) is 13.6. The number of aromatic nitrogens is 1. The third-order valence-electron chi connectivity index (χ3n) is 7.62. The van der Waals surface area contributed by atoms with E-state index in [0.717, 1.165) is 22.4 Å². The predicted octanol–water partition coefficient (Wildman–Crippen LogP) is 7.50. The van der Waals surface area contributed by atoms with Crippen molar-refractivity contribution in [3.8, 4) is 17.0 Å². The van der Waals surface area contributed by atoms with Gasteiger partial charge in [0.15, 0.2) is 0 Å². The van der Waals surface area contributed by atoms with Crippen molar-refractivity contribution in [2.75, 3.05) is 27.7 Å². The maximum atomic E-state index is 14.7. The summed E-state index contributed by atoms with van der Waals surface area (Å²) in [4.78, 5) is 6.44. The second-order valence-corrected chi connectivity index (χ2v) is 10.6. The number of rotatable bonds is 9. The number of hydrogen-bond donors (Lipinski definition) is 1. The van der Waals surface area contributed by atoms with Gasteiger partial charge in [-0.25, -0.2) is 4.98 Å². The summed E-state index contributed by atoms with van der Waals surface area (Å²) in [6.07, 6.45) is -2.93. The smallest absolute Gasteiger partial charge is 0.416 e. The average Bonchev–Trinajstić information content (AvgIpc) is 3.00. The topological polar surface area (TPSA) is 45.6 Å². The minimum absolute atomic E-state index is 0.0654. The lowest BCUT2D eigenvalue weighted by atomic mass is 9.69. The van der Waals surface area contributed by atoms with Crippen LogP contribution < -0.4 is 4.74 Å². The summed E-state index contributed by atoms with van der Waals surface area (Å²) >= 11 is 0. The van der Waals surface area contributed by atoms with Gasteiger partial charge in [0.2, 0.25) is 5.88 Å². The number of alkyl halides is 3. The highest BCUT2D eigenvalue weighted by atomic mass is 19.4. The van der Waals surface area contributed by atoms with Crippen LogP contribution in [0.2, 0.25) is 0 Å². The number of halogens is 3. The molecule has 0 saturated carbocycles. The van der Waals surface area contributed by atoms with Crippen LogP contribution in [0.3, 0.4) is 0 Å². The van der Waals surface area contributed by atoms with Gasteiger partial charge in [0, 0.05) is 29.8 Å². The van der Waals surface area contributed by atoms with E-state index >= 15 is 0 Å². The number of benzene rings is 3. The van der Waals surface area contributed by atoms with E-state index in [1.165, 1.54) is 19.2 Å². The summed E-state index contributed by atoms with van der Waals surface area (Å²) in [7, 11) is 5.17. The number of hydrogen-bond acceptors (Lipinski definition) is 4. The first-order valence-corrected chi connectivity index (χ1v) is 13.6. The SMILES string of the molecule is COc1ncc(-c2cc#ccc2)cc1C(c1ccccc1C(F)(F)F)C(O)(CCN(C)C)c1cccc2ccccc12. The van der Waals surface area contributed by atoms with Crippen molar-refractivity contribution in [3.05, 3.63) is 132 Å². The Kier molecular flexibility index (Phi) is 8.22. The van der Waals surface area contributed by atoms with Crippen molar-refractivity contribution in [1.82, 2.24) is 9.88 Å². The van der Waals surface area contributed by atoms with E-state index in [0.29, 0.717) is 23.2 Å². The molecule has 42 heavy (non-hydrogen) atoms. The zero-order chi connectivity index (χ0) is 29.9. The lowest BCUT2D eigenvalue weighted by Crippen LogP contribution is -2.39. The molecule has 0 aliphatic rings. The van der Waals surface area contributed by atoms with Gasteiger partial charge in [-0.1, -0.05) is 72.8 Å². The highest BCUT2D eigenvalue weighted by Crippen LogP contribution is 2.51. The highest BCUT2D eigenvalue weighted by Gasteiger charge is 2.46. The molecule has 5 rings (SSSR count). The zero-order valence-corrected chi connectivity index (χ0v) is 23.6. The van der Waals surface area contributed by atoms with Gasteiger partial charge in [-0.3, -0.25) is 0 Å². The maximum absolute atomic E-state index is 14.7. The van der Waals surface area contributed by atoms with E-state index < -0.39 is 23.3 Å². The van der Waals surface area contributed by atoms with Crippen molar-refractivity contribution >= 4 is 10.8 Å². The summed E-state index contributed by atoms with van der Waals surface area (Å²) in [5.74, 6) is -1.07. The van der Waals surface area contributed by atoms with Crippen LogP contribution in [-0.2, 0) is 11.8 Å². The van der Waals surface area contributed by atoms with Gasteiger partial charge in [0.05, 0.1) is 12.7 Å². The fourth-order valence-electron chi connectivity index (χ4n) is 5.65. The summed E-state index contributed by atoms with van der Waals surface area (Å²) in [6.45, 7) is 0.406. The van der Waals surface area contributed by atoms with Crippen molar-refractivity contribution in [3.63, 3.8) is 0 Å². The van der Waals surface area contributed by atoms with Crippen molar-refractivity contribution < 1.29 is 23.0 Å². The van der Waals surface area contributed by atoms with Gasteiger partial charge in [0.25, 0.3) is 0 Å². The monoisotopic (exact) mass is 568 g/mol. The minimum Gasteiger partial charge on any atom is -0.481 e. The Morgan fingerprint density at radius 3 is 2.31 bits per heavy atom. The molecular formula is C35H31F3N2O2. The molecule has 5 aromatic rings. The molecule has 0 fully saturated rings. The summed E-state index contributed by atoms with van der Waals surface area (Å²) in [5.41, 5.74) is -0.420. The minimum atomic E-state index is -4.67. The van der Waals surface area contributed by atoms with Crippen molar-refractivity contribution in [2.24, 2.45) is 0 Å². The highest BCUT2D eigenvalue weighted by molar-refractivity contribution is 5.87. The van der Waals surface area contributed by atoms with Crippen LogP contribution in [0.15, 0.2) is 97.2 Å². The molecule has 4 aromatic carbocycles. The Morgan fingerprint density at radius 2 is 1.60 bits per heavy atom. The second-order valence-electron chi connectivity index (χ2n) is 10.6. The number of fused-ring (bicyclic) bond motifs is 1. The van der Waals surface area contributed by atoms with Crippen molar-refractivity contribution in [2.45, 2.75) is 24.1 Å². The van der Waals surface area contributed by atoms with E-state index in [-0.39, 0.29) is 17.9 Å². The van der Waals surface area contributed by atoms with E-state index in [4.69, 9.17) is 4.74 Å². The number of aliphatic hydroxyl groups is 1. The van der Waals surface area contributed by atoms with E-state index in [1.807, 2.05) is 61.5 Å². The molecule has 1 aromatic heterocycles. The van der Waals surface area contributed by atoms with Crippen LogP contribution >= 0.6 is 0 Å². The molecular weight excluding hydrogens is 537 g/mol. The molecule has 0 radical (unpaired) electrons. The van der Waals surface area contributed by atoms with Crippen molar-refractivity contribution in [1.29, 1.82) is 0 Å². The molecule has 2 atom stereocenters. The van der Waals surface area contributed by atoms with Gasteiger partial charge in [-0.05, 0) is 78.3 Å². The first kappa shape index (κ1) is 29.1. The van der Waals surface area contributed by atoms with Crippen LogP contribution in [0.4, 0.5) is 13.2 Å². The molecule has 1 heterocycles. The fourth-order valence-corrected chi connectivity index (χ4v) is 5.65. The van der Waals surface area contributed by atoms with Crippen LogP contribution in [-0.4, -0.2) is 42.7 Å². The van der Waals surface area contributed by atoms with Crippen LogP contribution in [0.5, 0.6) is 5.88 Å². The maximum Gasteiger partial charge on any atom is 0.416 e. The third kappa shape index (κ3) is 5.69. The summed E-state index contributed by atoms with van der Waals surface area (Å²) in [5, 5.41) is 14.7. The van der Waals surface area contributed by atoms with Gasteiger partial charge in [0.1, 0.15) is 5.60 Å². The largest absolute Gasteiger partial charge is 0.481 e. The standard InChI is InChI=1S/C35H31F3N2O2/c1-40(2)21-20-34(41,30-19-11-15-25-14-7-8-16-27(25)30)32(28-17-9-10-18-31(28)35(36,37)38)29-22-26(23-39-33(29)42-3)24-12-5-4-6-13-24/h5,7-19,22-23,32,41H,20-21H2,1-3H3. The molecule has 2 unspecified atom stereocenters. The fraction of sp³-hybridized carbons (Fsp3) is 0.229. The lowest BCUT2D eigenvalue weighted by molar-refractivity contribution is -0.138. The van der Waals surface area contributed by atoms with Crippen LogP contribution in [0.25, 0.3) is 21.9 Å². The predicted molar refractivity (Wildman–Crippen MR) is 158 cm³/mol. The quantitative estimate of drug-likeness (QED) is 0.200. The number of ether oxygens (including phenoxy) is 1. The third-order valence-corrected chi connectivity index (χ3v) is 7.62. The van der Waals surface area contributed by atoms with Gasteiger partial charge >= 0.3 is 6.18 Å². The second kappa shape index (κ2) is 11.8. The molecule has 0 spiro atoms. The van der Waals surface area contributed by atoms with E-state index in [1.54, 1.807) is 36.5 Å². The Bertz CT molecular complexity index is 1670. The van der Waals surface area contributed by atoms with Gasteiger partial charge in [-0.2, -0.15) is 13.2 Å².